The van der Waals surface area contributed by atoms with E-state index in [1.165, 1.54) is 5.39 Å². The third-order valence-electron chi connectivity index (χ3n) is 7.55. The van der Waals surface area contributed by atoms with E-state index in [1.807, 2.05) is 12.3 Å². The molecule has 0 unspecified atom stereocenters. The smallest absolute Gasteiger partial charge is 0.250 e. The highest BCUT2D eigenvalue weighted by atomic mass is 16.5. The summed E-state index contributed by atoms with van der Waals surface area (Å²) in [5.74, 6) is 0.0608. The Morgan fingerprint density at radius 1 is 1.17 bits per heavy atom. The Balaban J connectivity index is 1.44. The highest BCUT2D eigenvalue weighted by molar-refractivity contribution is 5.90. The maximum Gasteiger partial charge on any atom is 0.250 e. The van der Waals surface area contributed by atoms with E-state index >= 15 is 0 Å². The van der Waals surface area contributed by atoms with Gasteiger partial charge >= 0.3 is 0 Å². The largest absolute Gasteiger partial charge is 0.383 e. The van der Waals surface area contributed by atoms with Crippen molar-refractivity contribution < 1.29 is 9.53 Å². The fourth-order valence-corrected chi connectivity index (χ4v) is 5.40. The first kappa shape index (κ1) is 24.5. The number of pyridine rings is 1. The van der Waals surface area contributed by atoms with E-state index in [1.54, 1.807) is 24.8 Å². The predicted octanol–water partition coefficient (Wildman–Crippen LogP) is 3.48. The number of piperidine rings is 1. The Labute approximate surface area is 212 Å². The van der Waals surface area contributed by atoms with Gasteiger partial charge in [-0.3, -0.25) is 9.59 Å². The van der Waals surface area contributed by atoms with Crippen LogP contribution in [0.1, 0.15) is 36.3 Å². The average molecular weight is 489 g/mol. The zero-order valence-corrected chi connectivity index (χ0v) is 21.2. The monoisotopic (exact) mass is 488 g/mol. The summed E-state index contributed by atoms with van der Waals surface area (Å²) in [5.41, 5.74) is 3.15. The van der Waals surface area contributed by atoms with Crippen molar-refractivity contribution in [1.82, 2.24) is 14.8 Å². The molecule has 36 heavy (non-hydrogen) atoms. The number of aromatic nitrogens is 1. The lowest BCUT2D eigenvalue weighted by Crippen LogP contribution is -2.47. The number of rotatable bonds is 9. The molecule has 2 atom stereocenters. The van der Waals surface area contributed by atoms with Gasteiger partial charge in [0.05, 0.1) is 12.5 Å². The highest BCUT2D eigenvalue weighted by Gasteiger charge is 2.40. The molecule has 1 aliphatic heterocycles. The van der Waals surface area contributed by atoms with Gasteiger partial charge in [0.25, 0.3) is 5.56 Å². The first-order valence-electron chi connectivity index (χ1n) is 13.0. The molecule has 2 fully saturated rings. The highest BCUT2D eigenvalue weighted by Crippen LogP contribution is 2.37. The van der Waals surface area contributed by atoms with E-state index in [4.69, 9.17) is 4.74 Å². The zero-order valence-electron chi connectivity index (χ0n) is 21.2. The number of carbonyl (C=O) groups is 1. The van der Waals surface area contributed by atoms with Crippen LogP contribution in [-0.4, -0.2) is 54.8 Å². The Morgan fingerprint density at radius 2 is 2.00 bits per heavy atom. The number of nitrogens with one attached hydrogen (secondary N) is 2. The van der Waals surface area contributed by atoms with Crippen molar-refractivity contribution in [3.63, 3.8) is 0 Å². The number of ether oxygens (including phenoxy) is 1. The van der Waals surface area contributed by atoms with Crippen LogP contribution >= 0.6 is 0 Å². The summed E-state index contributed by atoms with van der Waals surface area (Å²) in [4.78, 5) is 28.6. The molecule has 2 N–H and O–H groups in total. The van der Waals surface area contributed by atoms with Crippen LogP contribution in [0.25, 0.3) is 10.8 Å². The first-order valence-corrected chi connectivity index (χ1v) is 13.0. The Kier molecular flexibility index (Phi) is 7.39. The summed E-state index contributed by atoms with van der Waals surface area (Å²) >= 11 is 0. The topological polar surface area (TPSA) is 75.6 Å². The fraction of sp³-hybridized carbons (Fsp3) is 0.448. The molecular weight excluding hydrogens is 452 g/mol. The van der Waals surface area contributed by atoms with Gasteiger partial charge in [-0.25, -0.2) is 0 Å². The lowest BCUT2D eigenvalue weighted by Gasteiger charge is -2.36. The maximum atomic E-state index is 14.1. The SMILES string of the molecule is COCCNc1cc(CN(C(=O)[C@@H]2CNCC[C@H]2c2ccn(C)c(=O)c2)C2CC2)c2ccccc2c1. The molecule has 1 aromatic heterocycles. The summed E-state index contributed by atoms with van der Waals surface area (Å²) in [7, 11) is 3.46. The molecule has 190 valence electrons. The molecule has 0 radical (unpaired) electrons. The van der Waals surface area contributed by atoms with Gasteiger partial charge in [-0.05, 0) is 71.8 Å². The first-order chi connectivity index (χ1) is 17.5. The Bertz CT molecular complexity index is 1280. The summed E-state index contributed by atoms with van der Waals surface area (Å²) in [6.07, 6.45) is 4.76. The van der Waals surface area contributed by atoms with Crippen molar-refractivity contribution >= 4 is 22.4 Å². The van der Waals surface area contributed by atoms with Crippen LogP contribution in [0, 0.1) is 5.92 Å². The minimum Gasteiger partial charge on any atom is -0.383 e. The minimum absolute atomic E-state index is 0.0273. The number of aryl methyl sites for hydroxylation is 1. The van der Waals surface area contributed by atoms with Gasteiger partial charge in [0.2, 0.25) is 5.91 Å². The number of hydrogen-bond donors (Lipinski definition) is 2. The maximum absolute atomic E-state index is 14.1. The third-order valence-corrected chi connectivity index (χ3v) is 7.55. The number of benzene rings is 2. The van der Waals surface area contributed by atoms with Gasteiger partial charge < -0.3 is 24.8 Å². The molecule has 2 heterocycles. The summed E-state index contributed by atoms with van der Waals surface area (Å²) < 4.78 is 6.78. The number of hydrogen-bond acceptors (Lipinski definition) is 5. The fourth-order valence-electron chi connectivity index (χ4n) is 5.40. The van der Waals surface area contributed by atoms with Crippen LogP contribution in [0.2, 0.25) is 0 Å². The van der Waals surface area contributed by atoms with E-state index in [2.05, 4.69) is 51.9 Å². The molecule has 3 aromatic rings. The second kappa shape index (κ2) is 10.8. The summed E-state index contributed by atoms with van der Waals surface area (Å²) in [6, 6.07) is 16.7. The van der Waals surface area contributed by atoms with E-state index in [0.29, 0.717) is 19.7 Å². The number of carbonyl (C=O) groups excluding carboxylic acids is 1. The second-order valence-electron chi connectivity index (χ2n) is 10.1. The van der Waals surface area contributed by atoms with Gasteiger partial charge in [0, 0.05) is 57.8 Å². The van der Waals surface area contributed by atoms with E-state index in [9.17, 15) is 9.59 Å². The van der Waals surface area contributed by atoms with E-state index in [-0.39, 0.29) is 29.3 Å². The van der Waals surface area contributed by atoms with Crippen molar-refractivity contribution in [2.24, 2.45) is 13.0 Å². The van der Waals surface area contributed by atoms with Crippen LogP contribution in [-0.2, 0) is 23.1 Å². The normalized spacial score (nSPS) is 19.8. The third kappa shape index (κ3) is 5.32. The van der Waals surface area contributed by atoms with Crippen LogP contribution in [0.3, 0.4) is 0 Å². The summed E-state index contributed by atoms with van der Waals surface area (Å²) in [6.45, 7) is 3.44. The molecule has 7 heteroatoms. The molecular formula is C29H36N4O3. The number of methoxy groups -OCH3 is 1. The molecule has 1 aliphatic carbocycles. The van der Waals surface area contributed by atoms with Crippen LogP contribution in [0.4, 0.5) is 5.69 Å². The standard InChI is InChI=1S/C29H36N4O3/c1-32-13-10-21(17-28(32)34)26-9-11-30-18-27(26)29(35)33(24-7-8-24)19-22-16-23(31-12-14-36-2)15-20-5-3-4-6-25(20)22/h3-6,10,13,15-17,24,26-27,30-31H,7-9,11-12,14,18-19H2,1-2H3/t26-,27+/m0/s1. The molecule has 0 spiro atoms. The zero-order chi connectivity index (χ0) is 25.1. The van der Waals surface area contributed by atoms with Gasteiger partial charge in [-0.15, -0.1) is 0 Å². The molecule has 1 saturated carbocycles. The number of nitrogens with zero attached hydrogens (tertiary/aromatic N) is 2. The van der Waals surface area contributed by atoms with Crippen LogP contribution in [0.15, 0.2) is 59.5 Å². The average Bonchev–Trinajstić information content (AvgIpc) is 3.74. The van der Waals surface area contributed by atoms with Crippen LogP contribution in [0.5, 0.6) is 0 Å². The Morgan fingerprint density at radius 3 is 2.78 bits per heavy atom. The van der Waals surface area contributed by atoms with Gasteiger partial charge in [-0.1, -0.05) is 24.3 Å². The van der Waals surface area contributed by atoms with E-state index < -0.39 is 0 Å². The van der Waals surface area contributed by atoms with Crippen molar-refractivity contribution in [2.45, 2.75) is 37.8 Å². The molecule has 2 aliphatic rings. The van der Waals surface area contributed by atoms with Gasteiger partial charge in [0.1, 0.15) is 0 Å². The van der Waals surface area contributed by atoms with E-state index in [0.717, 1.165) is 54.6 Å². The molecule has 0 bridgehead atoms. The molecule has 1 amide bonds. The summed E-state index contributed by atoms with van der Waals surface area (Å²) in [5, 5.41) is 9.23. The Hall–Kier alpha value is -3.16. The molecule has 7 nitrogen and oxygen atoms in total. The molecule has 5 rings (SSSR count). The van der Waals surface area contributed by atoms with Gasteiger partial charge in [0.15, 0.2) is 0 Å². The van der Waals surface area contributed by atoms with Crippen molar-refractivity contribution in [1.29, 1.82) is 0 Å². The minimum atomic E-state index is -0.180. The van der Waals surface area contributed by atoms with Crippen molar-refractivity contribution in [3.8, 4) is 0 Å². The predicted molar refractivity (Wildman–Crippen MR) is 143 cm³/mol. The quantitative estimate of drug-likeness (QED) is 0.451. The lowest BCUT2D eigenvalue weighted by atomic mass is 9.80. The lowest BCUT2D eigenvalue weighted by molar-refractivity contribution is -0.138. The van der Waals surface area contributed by atoms with Crippen LogP contribution < -0.4 is 16.2 Å². The second-order valence-corrected chi connectivity index (χ2v) is 10.1. The molecule has 1 saturated heterocycles. The van der Waals surface area contributed by atoms with Gasteiger partial charge in [-0.2, -0.15) is 0 Å². The van der Waals surface area contributed by atoms with Crippen molar-refractivity contribution in [3.05, 3.63) is 76.2 Å². The number of fused-ring (bicyclic) bond motifs is 1. The van der Waals surface area contributed by atoms with Crippen molar-refractivity contribution in [2.75, 3.05) is 38.7 Å². The number of amides is 1. The molecule has 2 aromatic carbocycles. The number of anilines is 1.